The number of phenols is 1. The van der Waals surface area contributed by atoms with Crippen molar-refractivity contribution in [3.8, 4) is 5.75 Å². The van der Waals surface area contributed by atoms with Crippen molar-refractivity contribution in [3.63, 3.8) is 0 Å². The van der Waals surface area contributed by atoms with Crippen molar-refractivity contribution in [3.05, 3.63) is 94.5 Å². The molecule has 10 nitrogen and oxygen atoms in total. The van der Waals surface area contributed by atoms with Crippen molar-refractivity contribution in [2.45, 2.75) is 4.90 Å². The minimum atomic E-state index is -4.31. The number of nitro benzene ring substituents is 1. The van der Waals surface area contributed by atoms with E-state index in [4.69, 9.17) is 0 Å². The van der Waals surface area contributed by atoms with E-state index in [1.54, 1.807) is 24.3 Å². The smallest absolute Gasteiger partial charge is 0.293 e. The second-order valence-electron chi connectivity index (χ2n) is 6.42. The first kappa shape index (κ1) is 22.4. The average Bonchev–Trinajstić information content (AvgIpc) is 2.79. The first-order valence-electron chi connectivity index (χ1n) is 9.22. The summed E-state index contributed by atoms with van der Waals surface area (Å²) in [7, 11) is -4.31. The van der Waals surface area contributed by atoms with Crippen LogP contribution in [0.15, 0.2) is 88.9 Å². The maximum atomic E-state index is 13.2. The SMILES string of the molecule is O=C(CN(c1ccccc1[N+](=O)[O-])S(=O)(=O)c1ccccc1)NN=Cc1ccccc1O. The number of hydrazone groups is 1. The summed E-state index contributed by atoms with van der Waals surface area (Å²) < 4.78 is 27.1. The zero-order valence-electron chi connectivity index (χ0n) is 16.5. The maximum absolute atomic E-state index is 13.2. The number of nitro groups is 1. The molecule has 3 aromatic carbocycles. The van der Waals surface area contributed by atoms with E-state index in [1.807, 2.05) is 0 Å². The van der Waals surface area contributed by atoms with Crippen LogP contribution in [-0.4, -0.2) is 37.1 Å². The van der Waals surface area contributed by atoms with Crippen molar-refractivity contribution in [1.82, 2.24) is 5.43 Å². The Bertz CT molecular complexity index is 1260. The number of carbonyl (C=O) groups is 1. The molecule has 0 atom stereocenters. The fourth-order valence-electron chi connectivity index (χ4n) is 2.79. The molecule has 0 saturated heterocycles. The van der Waals surface area contributed by atoms with Crippen molar-refractivity contribution in [2.75, 3.05) is 10.8 Å². The third-order valence-corrected chi connectivity index (χ3v) is 6.07. The predicted molar refractivity (Wildman–Crippen MR) is 118 cm³/mol. The Labute approximate surface area is 183 Å². The van der Waals surface area contributed by atoms with Gasteiger partial charge in [-0.2, -0.15) is 5.10 Å². The van der Waals surface area contributed by atoms with Crippen LogP contribution in [0.25, 0.3) is 0 Å². The predicted octanol–water partition coefficient (Wildman–Crippen LogP) is 2.65. The van der Waals surface area contributed by atoms with Crippen LogP contribution >= 0.6 is 0 Å². The molecule has 1 amide bonds. The van der Waals surface area contributed by atoms with E-state index in [0.29, 0.717) is 9.87 Å². The van der Waals surface area contributed by atoms with Gasteiger partial charge >= 0.3 is 0 Å². The number of carbonyl (C=O) groups excluding carboxylic acids is 1. The molecule has 0 fully saturated rings. The van der Waals surface area contributed by atoms with Gasteiger partial charge in [0.05, 0.1) is 16.0 Å². The average molecular weight is 454 g/mol. The fourth-order valence-corrected chi connectivity index (χ4v) is 4.24. The molecular weight excluding hydrogens is 436 g/mol. The summed E-state index contributed by atoms with van der Waals surface area (Å²) in [4.78, 5) is 23.1. The van der Waals surface area contributed by atoms with Gasteiger partial charge in [-0.25, -0.2) is 18.1 Å². The molecule has 0 aliphatic carbocycles. The van der Waals surface area contributed by atoms with Gasteiger partial charge in [0.15, 0.2) is 0 Å². The van der Waals surface area contributed by atoms with E-state index in [9.17, 15) is 28.4 Å². The highest BCUT2D eigenvalue weighted by Crippen LogP contribution is 2.31. The van der Waals surface area contributed by atoms with Gasteiger partial charge in [-0.3, -0.25) is 14.9 Å². The number of nitrogens with zero attached hydrogens (tertiary/aromatic N) is 3. The Morgan fingerprint density at radius 3 is 2.34 bits per heavy atom. The zero-order chi connectivity index (χ0) is 23.1. The summed E-state index contributed by atoms with van der Waals surface area (Å²) in [5, 5.41) is 24.9. The summed E-state index contributed by atoms with van der Waals surface area (Å²) in [6.07, 6.45) is 1.19. The maximum Gasteiger partial charge on any atom is 0.293 e. The number of hydrogen-bond acceptors (Lipinski definition) is 7. The van der Waals surface area contributed by atoms with Crippen molar-refractivity contribution >= 4 is 33.5 Å². The van der Waals surface area contributed by atoms with Crippen LogP contribution < -0.4 is 9.73 Å². The summed E-state index contributed by atoms with van der Waals surface area (Å²) in [6, 6.07) is 18.8. The van der Waals surface area contributed by atoms with Gasteiger partial charge in [0.1, 0.15) is 18.0 Å². The Kier molecular flexibility index (Phi) is 6.80. The monoisotopic (exact) mass is 454 g/mol. The van der Waals surface area contributed by atoms with Crippen molar-refractivity contribution in [1.29, 1.82) is 0 Å². The second-order valence-corrected chi connectivity index (χ2v) is 8.28. The van der Waals surface area contributed by atoms with Crippen LogP contribution in [0.4, 0.5) is 11.4 Å². The normalized spacial score (nSPS) is 11.2. The topological polar surface area (TPSA) is 142 Å². The minimum absolute atomic E-state index is 0.0568. The molecular formula is C21H18N4O6S. The van der Waals surface area contributed by atoms with Crippen LogP contribution in [0, 0.1) is 10.1 Å². The molecule has 0 aliphatic heterocycles. The highest BCUT2D eigenvalue weighted by Gasteiger charge is 2.31. The number of amides is 1. The number of aromatic hydroxyl groups is 1. The van der Waals surface area contributed by atoms with E-state index < -0.39 is 33.1 Å². The van der Waals surface area contributed by atoms with Gasteiger partial charge < -0.3 is 5.11 Å². The molecule has 0 unspecified atom stereocenters. The summed E-state index contributed by atoms with van der Waals surface area (Å²) >= 11 is 0. The lowest BCUT2D eigenvalue weighted by molar-refractivity contribution is -0.384. The van der Waals surface area contributed by atoms with Crippen LogP contribution in [0.1, 0.15) is 5.56 Å². The molecule has 0 spiro atoms. The van der Waals surface area contributed by atoms with Crippen LogP contribution in [-0.2, 0) is 14.8 Å². The van der Waals surface area contributed by atoms with Gasteiger partial charge in [0, 0.05) is 11.6 Å². The first-order chi connectivity index (χ1) is 15.3. The second kappa shape index (κ2) is 9.71. The zero-order valence-corrected chi connectivity index (χ0v) is 17.3. The van der Waals surface area contributed by atoms with Gasteiger partial charge in [-0.1, -0.05) is 42.5 Å². The number of nitrogens with one attached hydrogen (secondary N) is 1. The summed E-state index contributed by atoms with van der Waals surface area (Å²) in [5.41, 5.74) is 1.77. The number of rotatable bonds is 8. The number of hydrogen-bond donors (Lipinski definition) is 2. The Morgan fingerprint density at radius 2 is 1.66 bits per heavy atom. The lowest BCUT2D eigenvalue weighted by atomic mass is 10.2. The number of benzene rings is 3. The van der Waals surface area contributed by atoms with Crippen LogP contribution in [0.3, 0.4) is 0 Å². The number of para-hydroxylation sites is 3. The molecule has 3 rings (SSSR count). The van der Waals surface area contributed by atoms with E-state index in [0.717, 1.165) is 6.07 Å². The van der Waals surface area contributed by atoms with Gasteiger partial charge in [-0.05, 0) is 30.3 Å². The van der Waals surface area contributed by atoms with Crippen molar-refractivity contribution in [2.24, 2.45) is 5.10 Å². The third kappa shape index (κ3) is 5.08. The minimum Gasteiger partial charge on any atom is -0.507 e. The molecule has 0 bridgehead atoms. The fraction of sp³-hybridized carbons (Fsp3) is 0.0476. The number of sulfonamides is 1. The molecule has 2 N–H and O–H groups in total. The lowest BCUT2D eigenvalue weighted by Gasteiger charge is -2.23. The van der Waals surface area contributed by atoms with E-state index in [2.05, 4.69) is 10.5 Å². The molecule has 0 aromatic heterocycles. The molecule has 0 heterocycles. The molecule has 164 valence electrons. The van der Waals surface area contributed by atoms with E-state index >= 15 is 0 Å². The molecule has 0 saturated carbocycles. The number of phenolic OH excluding ortho intramolecular Hbond substituents is 1. The van der Waals surface area contributed by atoms with E-state index in [-0.39, 0.29) is 16.3 Å². The molecule has 11 heteroatoms. The molecule has 0 aliphatic rings. The molecule has 3 aromatic rings. The Morgan fingerprint density at radius 1 is 1.03 bits per heavy atom. The van der Waals surface area contributed by atoms with Crippen LogP contribution in [0.2, 0.25) is 0 Å². The standard InChI is InChI=1S/C21H18N4O6S/c26-20-13-7-4-8-16(20)14-22-23-21(27)15-24(18-11-5-6-12-19(18)25(28)29)32(30,31)17-9-2-1-3-10-17/h1-14,26H,15H2,(H,23,27). The quantitative estimate of drug-likeness (QED) is 0.304. The first-order valence-corrected chi connectivity index (χ1v) is 10.7. The molecule has 0 radical (unpaired) electrons. The van der Waals surface area contributed by atoms with Crippen LogP contribution in [0.5, 0.6) is 5.75 Å². The largest absolute Gasteiger partial charge is 0.507 e. The number of anilines is 1. The third-order valence-electron chi connectivity index (χ3n) is 4.30. The van der Waals surface area contributed by atoms with Gasteiger partial charge in [0.2, 0.25) is 0 Å². The Balaban J connectivity index is 1.92. The van der Waals surface area contributed by atoms with Crippen molar-refractivity contribution < 1.29 is 23.2 Å². The van der Waals surface area contributed by atoms with Gasteiger partial charge in [0.25, 0.3) is 21.6 Å². The summed E-state index contributed by atoms with van der Waals surface area (Å²) in [6.45, 7) is -0.764. The molecule has 32 heavy (non-hydrogen) atoms. The lowest BCUT2D eigenvalue weighted by Crippen LogP contribution is -2.39. The highest BCUT2D eigenvalue weighted by molar-refractivity contribution is 7.92. The Hall–Kier alpha value is -4.25. The summed E-state index contributed by atoms with van der Waals surface area (Å²) in [5.74, 6) is -0.895. The highest BCUT2D eigenvalue weighted by atomic mass is 32.2. The van der Waals surface area contributed by atoms with E-state index in [1.165, 1.54) is 54.7 Å². The van der Waals surface area contributed by atoms with Gasteiger partial charge in [-0.15, -0.1) is 0 Å².